The monoisotopic (exact) mass is 518 g/mol. The van der Waals surface area contributed by atoms with Crippen LogP contribution in [0.25, 0.3) is 11.3 Å². The van der Waals surface area contributed by atoms with Gasteiger partial charge in [0.05, 0.1) is 23.4 Å². The van der Waals surface area contributed by atoms with Crippen molar-refractivity contribution in [1.82, 2.24) is 10.3 Å². The summed E-state index contributed by atoms with van der Waals surface area (Å²) in [6, 6.07) is 19.4. The van der Waals surface area contributed by atoms with Crippen LogP contribution in [0.3, 0.4) is 0 Å². The summed E-state index contributed by atoms with van der Waals surface area (Å²) in [5.74, 6) is 0.816. The number of hydrogen-bond acceptors (Lipinski definition) is 6. The molecule has 2 aromatic carbocycles. The Kier molecular flexibility index (Phi) is 7.80. The number of aromatic carboxylic acids is 1. The maximum absolute atomic E-state index is 11.6. The molecular formula is C29H30N2O3S2. The highest BCUT2D eigenvalue weighted by atomic mass is 32.1. The lowest BCUT2D eigenvalue weighted by atomic mass is 9.89. The van der Waals surface area contributed by atoms with E-state index in [1.54, 1.807) is 34.8 Å². The van der Waals surface area contributed by atoms with Crippen molar-refractivity contribution in [2.24, 2.45) is 5.92 Å². The zero-order valence-corrected chi connectivity index (χ0v) is 21.9. The fourth-order valence-corrected chi connectivity index (χ4v) is 6.45. The van der Waals surface area contributed by atoms with Gasteiger partial charge in [0, 0.05) is 22.4 Å². The second kappa shape index (κ2) is 11.4. The third-order valence-corrected chi connectivity index (χ3v) is 8.60. The van der Waals surface area contributed by atoms with Crippen molar-refractivity contribution in [2.45, 2.75) is 51.3 Å². The Labute approximate surface area is 219 Å². The molecule has 1 fully saturated rings. The maximum Gasteiger partial charge on any atom is 0.336 e. The van der Waals surface area contributed by atoms with E-state index < -0.39 is 5.97 Å². The van der Waals surface area contributed by atoms with Crippen molar-refractivity contribution in [3.05, 3.63) is 92.4 Å². The van der Waals surface area contributed by atoms with Gasteiger partial charge in [0.15, 0.2) is 0 Å². The van der Waals surface area contributed by atoms with Gasteiger partial charge in [0.2, 0.25) is 0 Å². The molecule has 1 saturated carbocycles. The van der Waals surface area contributed by atoms with Gasteiger partial charge in [-0.25, -0.2) is 9.78 Å². The number of ether oxygens (including phenoxy) is 1. The zero-order chi connectivity index (χ0) is 24.9. The number of aromatic nitrogens is 1. The quantitative estimate of drug-likeness (QED) is 0.241. The largest absolute Gasteiger partial charge is 0.490 e. The Hall–Kier alpha value is -3.00. The van der Waals surface area contributed by atoms with Gasteiger partial charge in [-0.3, -0.25) is 5.32 Å². The number of rotatable bonds is 9. The Morgan fingerprint density at radius 1 is 1.06 bits per heavy atom. The van der Waals surface area contributed by atoms with Crippen LogP contribution in [-0.2, 0) is 6.54 Å². The Morgan fingerprint density at radius 2 is 1.83 bits per heavy atom. The second-order valence-corrected chi connectivity index (χ2v) is 11.3. The molecule has 1 unspecified atom stereocenters. The first-order chi connectivity index (χ1) is 17.6. The van der Waals surface area contributed by atoms with E-state index in [9.17, 15) is 9.90 Å². The molecule has 0 spiro atoms. The maximum atomic E-state index is 11.6. The average molecular weight is 519 g/mol. The standard InChI is InChI=1S/C29H30N2O3S2/c1-19-8-12-22(13-9-19)34-23-14-10-20(11-15-23)25-18-36-28(31-25)27(26-7-4-16-35-26)30-17-21-5-2-3-6-24(21)29(32)33/h2-7,10-11,14-16,18-19,22,27,30H,8-9,12-13,17H2,1H3,(H,32,33). The number of nitrogens with one attached hydrogen (secondary N) is 1. The molecule has 0 aliphatic heterocycles. The molecule has 0 saturated heterocycles. The molecule has 7 heteroatoms. The molecule has 2 aromatic heterocycles. The Balaban J connectivity index is 1.30. The third-order valence-electron chi connectivity index (χ3n) is 6.76. The number of nitrogens with zero attached hydrogens (tertiary/aromatic N) is 1. The number of carboxylic acid groups (broad SMARTS) is 1. The van der Waals surface area contributed by atoms with Crippen molar-refractivity contribution in [1.29, 1.82) is 0 Å². The number of carbonyl (C=O) groups is 1. The van der Waals surface area contributed by atoms with Crippen LogP contribution in [0.5, 0.6) is 5.75 Å². The smallest absolute Gasteiger partial charge is 0.336 e. The van der Waals surface area contributed by atoms with Crippen LogP contribution in [0, 0.1) is 5.92 Å². The van der Waals surface area contributed by atoms with Crippen LogP contribution >= 0.6 is 22.7 Å². The van der Waals surface area contributed by atoms with Crippen LogP contribution in [0.1, 0.15) is 64.5 Å². The van der Waals surface area contributed by atoms with Crippen LogP contribution in [0.4, 0.5) is 0 Å². The topological polar surface area (TPSA) is 71.5 Å². The second-order valence-electron chi connectivity index (χ2n) is 9.39. The van der Waals surface area contributed by atoms with E-state index in [0.29, 0.717) is 18.2 Å². The summed E-state index contributed by atoms with van der Waals surface area (Å²) in [4.78, 5) is 17.7. The molecule has 0 radical (unpaired) electrons. The van der Waals surface area contributed by atoms with E-state index in [1.807, 2.05) is 30.3 Å². The number of thiazole rings is 1. The van der Waals surface area contributed by atoms with Gasteiger partial charge in [0.25, 0.3) is 0 Å². The lowest BCUT2D eigenvalue weighted by molar-refractivity contribution is 0.0695. The molecule has 2 N–H and O–H groups in total. The highest BCUT2D eigenvalue weighted by Crippen LogP contribution is 2.33. The number of hydrogen-bond donors (Lipinski definition) is 2. The van der Waals surface area contributed by atoms with E-state index in [0.717, 1.165) is 51.2 Å². The minimum Gasteiger partial charge on any atom is -0.490 e. The van der Waals surface area contributed by atoms with Crippen molar-refractivity contribution in [2.75, 3.05) is 0 Å². The number of carboxylic acids is 1. The summed E-state index contributed by atoms with van der Waals surface area (Å²) >= 11 is 3.28. The highest BCUT2D eigenvalue weighted by molar-refractivity contribution is 7.11. The van der Waals surface area contributed by atoms with Gasteiger partial charge in [-0.1, -0.05) is 31.2 Å². The SMILES string of the molecule is CC1CCC(Oc2ccc(-c3csc(C(NCc4ccccc4C(=O)O)c4cccs4)n3)cc2)CC1. The zero-order valence-electron chi connectivity index (χ0n) is 20.2. The molecule has 4 aromatic rings. The summed E-state index contributed by atoms with van der Waals surface area (Å²) in [5, 5.41) is 18.2. The molecule has 0 bridgehead atoms. The number of benzene rings is 2. The van der Waals surface area contributed by atoms with Crippen molar-refractivity contribution < 1.29 is 14.6 Å². The Morgan fingerprint density at radius 3 is 2.56 bits per heavy atom. The fraction of sp³-hybridized carbons (Fsp3) is 0.310. The summed E-state index contributed by atoms with van der Waals surface area (Å²) in [6.07, 6.45) is 5.07. The minimum atomic E-state index is -0.915. The van der Waals surface area contributed by atoms with Gasteiger partial charge in [-0.05, 0) is 78.9 Å². The predicted octanol–water partition coefficient (Wildman–Crippen LogP) is 7.41. The molecule has 5 rings (SSSR count). The summed E-state index contributed by atoms with van der Waals surface area (Å²) in [5.41, 5.74) is 3.07. The molecule has 36 heavy (non-hydrogen) atoms. The molecule has 0 amide bonds. The third kappa shape index (κ3) is 5.86. The lowest BCUT2D eigenvalue weighted by Crippen LogP contribution is -2.22. The van der Waals surface area contributed by atoms with Crippen LogP contribution in [0.15, 0.2) is 71.4 Å². The van der Waals surface area contributed by atoms with E-state index >= 15 is 0 Å². The molecule has 1 aliphatic rings. The van der Waals surface area contributed by atoms with Crippen LogP contribution in [0.2, 0.25) is 0 Å². The first-order valence-corrected chi connectivity index (χ1v) is 14.1. The van der Waals surface area contributed by atoms with Gasteiger partial charge < -0.3 is 9.84 Å². The summed E-state index contributed by atoms with van der Waals surface area (Å²) in [6.45, 7) is 2.76. The molecule has 186 valence electrons. The molecule has 2 heterocycles. The molecular weight excluding hydrogens is 488 g/mol. The van der Waals surface area contributed by atoms with Crippen molar-refractivity contribution >= 4 is 28.6 Å². The van der Waals surface area contributed by atoms with Crippen molar-refractivity contribution in [3.63, 3.8) is 0 Å². The van der Waals surface area contributed by atoms with Gasteiger partial charge in [-0.2, -0.15) is 0 Å². The fourth-order valence-electron chi connectivity index (χ4n) is 4.66. The number of thiophene rings is 1. The first-order valence-electron chi connectivity index (χ1n) is 12.4. The summed E-state index contributed by atoms with van der Waals surface area (Å²) in [7, 11) is 0. The molecule has 1 atom stereocenters. The first kappa shape index (κ1) is 24.7. The Bertz CT molecular complexity index is 1280. The predicted molar refractivity (Wildman–Crippen MR) is 146 cm³/mol. The molecule has 1 aliphatic carbocycles. The van der Waals surface area contributed by atoms with E-state index in [1.165, 1.54) is 12.8 Å². The average Bonchev–Trinajstić information content (AvgIpc) is 3.60. The summed E-state index contributed by atoms with van der Waals surface area (Å²) < 4.78 is 6.22. The van der Waals surface area contributed by atoms with Gasteiger partial charge in [-0.15, -0.1) is 22.7 Å². The molecule has 5 nitrogen and oxygen atoms in total. The van der Waals surface area contributed by atoms with E-state index in [-0.39, 0.29) is 6.04 Å². The van der Waals surface area contributed by atoms with E-state index in [4.69, 9.17) is 9.72 Å². The van der Waals surface area contributed by atoms with Gasteiger partial charge in [0.1, 0.15) is 10.8 Å². The minimum absolute atomic E-state index is 0.109. The van der Waals surface area contributed by atoms with Crippen LogP contribution < -0.4 is 10.1 Å². The van der Waals surface area contributed by atoms with Crippen molar-refractivity contribution in [3.8, 4) is 17.0 Å². The van der Waals surface area contributed by atoms with Crippen LogP contribution in [-0.4, -0.2) is 22.2 Å². The normalized spacial score (nSPS) is 18.6. The lowest BCUT2D eigenvalue weighted by Gasteiger charge is -2.26. The highest BCUT2D eigenvalue weighted by Gasteiger charge is 2.21. The van der Waals surface area contributed by atoms with Gasteiger partial charge >= 0.3 is 5.97 Å². The van der Waals surface area contributed by atoms with E-state index in [2.05, 4.69) is 41.2 Å².